The molecule has 0 unspecified atom stereocenters. The van der Waals surface area contributed by atoms with Crippen molar-refractivity contribution >= 4 is 0 Å². The second-order valence-electron chi connectivity index (χ2n) is 10.3. The standard InChI is InChI=1S/C32H34F6O3/c1-3-5-6-20-7-13-23(14-8-20)40-19-32(37,38)41-27-18-16-25(29(34)31(27)36)22-11-9-21(10-12-22)24-15-17-26(39-4-2)30(35)28(24)33/h9-12,15-18,20,23H,3-8,13-14,19H2,1-2H3. The fraction of sp³-hybridized carbons (Fsp3) is 0.438. The second-order valence-corrected chi connectivity index (χ2v) is 10.3. The highest BCUT2D eigenvalue weighted by atomic mass is 19.3. The number of ether oxygens (including phenoxy) is 3. The SMILES string of the molecule is CCCCC1CCC(OCC(F)(F)Oc2ccc(-c3ccc(-c4ccc(OCC)c(F)c4F)cc3)c(F)c2F)CC1. The van der Waals surface area contributed by atoms with Gasteiger partial charge in [0.2, 0.25) is 11.6 Å². The highest BCUT2D eigenvalue weighted by molar-refractivity contribution is 5.72. The third-order valence-corrected chi connectivity index (χ3v) is 7.41. The van der Waals surface area contributed by atoms with Gasteiger partial charge in [0.05, 0.1) is 12.7 Å². The van der Waals surface area contributed by atoms with Crippen LogP contribution in [0.2, 0.25) is 0 Å². The molecule has 0 amide bonds. The summed E-state index contributed by atoms with van der Waals surface area (Å²) in [5, 5.41) is 0. The van der Waals surface area contributed by atoms with Gasteiger partial charge in [0.1, 0.15) is 0 Å². The van der Waals surface area contributed by atoms with E-state index < -0.39 is 41.7 Å². The van der Waals surface area contributed by atoms with Crippen molar-refractivity contribution in [3.8, 4) is 33.8 Å². The topological polar surface area (TPSA) is 27.7 Å². The number of hydrogen-bond acceptors (Lipinski definition) is 3. The van der Waals surface area contributed by atoms with E-state index in [1.54, 1.807) is 6.92 Å². The first kappa shape index (κ1) is 30.8. The first-order chi connectivity index (χ1) is 19.6. The highest BCUT2D eigenvalue weighted by Gasteiger charge is 2.36. The van der Waals surface area contributed by atoms with Gasteiger partial charge in [-0.1, -0.05) is 50.5 Å². The summed E-state index contributed by atoms with van der Waals surface area (Å²) in [6.07, 6.45) is 2.44. The third kappa shape index (κ3) is 7.56. The lowest BCUT2D eigenvalue weighted by Crippen LogP contribution is -2.34. The Labute approximate surface area is 236 Å². The molecule has 3 aromatic rings. The maximum Gasteiger partial charge on any atom is 0.422 e. The maximum atomic E-state index is 14.9. The molecule has 0 atom stereocenters. The number of unbranched alkanes of at least 4 members (excludes halogenated alkanes) is 1. The largest absolute Gasteiger partial charge is 0.491 e. The molecule has 0 N–H and O–H groups in total. The van der Waals surface area contributed by atoms with Gasteiger partial charge in [-0.05, 0) is 73.9 Å². The van der Waals surface area contributed by atoms with Crippen LogP contribution < -0.4 is 9.47 Å². The first-order valence-corrected chi connectivity index (χ1v) is 14.0. The Bertz CT molecular complexity index is 1300. The van der Waals surface area contributed by atoms with Crippen molar-refractivity contribution < 1.29 is 40.6 Å². The predicted octanol–water partition coefficient (Wildman–Crippen LogP) is 9.71. The fourth-order valence-corrected chi connectivity index (χ4v) is 5.17. The molecule has 3 aromatic carbocycles. The molecular weight excluding hydrogens is 546 g/mol. The monoisotopic (exact) mass is 580 g/mol. The molecule has 0 heterocycles. The zero-order valence-electron chi connectivity index (χ0n) is 23.1. The van der Waals surface area contributed by atoms with E-state index in [0.29, 0.717) is 24.3 Å². The number of rotatable bonds is 12. The summed E-state index contributed by atoms with van der Waals surface area (Å²) >= 11 is 0. The van der Waals surface area contributed by atoms with Crippen molar-refractivity contribution in [2.75, 3.05) is 13.2 Å². The predicted molar refractivity (Wildman–Crippen MR) is 145 cm³/mol. The summed E-state index contributed by atoms with van der Waals surface area (Å²) in [5.41, 5.74) is 0.248. The summed E-state index contributed by atoms with van der Waals surface area (Å²) in [4.78, 5) is 0. The molecule has 0 saturated heterocycles. The third-order valence-electron chi connectivity index (χ3n) is 7.41. The van der Waals surface area contributed by atoms with Gasteiger partial charge in [-0.15, -0.1) is 0 Å². The smallest absolute Gasteiger partial charge is 0.422 e. The van der Waals surface area contributed by atoms with Crippen LogP contribution in [0.25, 0.3) is 22.3 Å². The van der Waals surface area contributed by atoms with Crippen LogP contribution in [0.1, 0.15) is 58.8 Å². The molecular formula is C32H34F6O3. The van der Waals surface area contributed by atoms with E-state index in [1.165, 1.54) is 36.4 Å². The number of halogens is 6. The molecule has 4 rings (SSSR count). The molecule has 1 aliphatic rings. The molecule has 1 saturated carbocycles. The molecule has 1 aliphatic carbocycles. The number of benzene rings is 3. The van der Waals surface area contributed by atoms with Gasteiger partial charge < -0.3 is 14.2 Å². The van der Waals surface area contributed by atoms with Gasteiger partial charge in [-0.3, -0.25) is 0 Å². The Morgan fingerprint density at radius 3 is 1.78 bits per heavy atom. The van der Waals surface area contributed by atoms with Crippen molar-refractivity contribution in [2.45, 2.75) is 71.0 Å². The Hall–Kier alpha value is -3.20. The van der Waals surface area contributed by atoms with Crippen molar-refractivity contribution in [1.82, 2.24) is 0 Å². The molecule has 0 aliphatic heterocycles. The minimum atomic E-state index is -3.85. The van der Waals surface area contributed by atoms with Gasteiger partial charge in [-0.2, -0.15) is 17.6 Å². The van der Waals surface area contributed by atoms with Crippen LogP contribution >= 0.6 is 0 Å². The molecule has 41 heavy (non-hydrogen) atoms. The highest BCUT2D eigenvalue weighted by Crippen LogP contribution is 2.36. The molecule has 0 aromatic heterocycles. The molecule has 3 nitrogen and oxygen atoms in total. The van der Waals surface area contributed by atoms with Crippen LogP contribution in [0.4, 0.5) is 26.3 Å². The average molecular weight is 581 g/mol. The van der Waals surface area contributed by atoms with Crippen LogP contribution in [0.15, 0.2) is 48.5 Å². The number of hydrogen-bond donors (Lipinski definition) is 0. The molecule has 0 radical (unpaired) electrons. The lowest BCUT2D eigenvalue weighted by molar-refractivity contribution is -0.223. The maximum absolute atomic E-state index is 14.9. The van der Waals surface area contributed by atoms with E-state index in [0.717, 1.165) is 44.2 Å². The van der Waals surface area contributed by atoms with Crippen LogP contribution in [-0.2, 0) is 4.74 Å². The van der Waals surface area contributed by atoms with Gasteiger partial charge in [0.15, 0.2) is 29.7 Å². The first-order valence-electron chi connectivity index (χ1n) is 14.0. The minimum absolute atomic E-state index is 0.0399. The fourth-order valence-electron chi connectivity index (χ4n) is 5.17. The Morgan fingerprint density at radius 1 is 0.707 bits per heavy atom. The zero-order chi connectivity index (χ0) is 29.6. The average Bonchev–Trinajstić information content (AvgIpc) is 2.97. The van der Waals surface area contributed by atoms with Gasteiger partial charge in [0, 0.05) is 11.1 Å². The Kier molecular flexibility index (Phi) is 10.2. The summed E-state index contributed by atoms with van der Waals surface area (Å²) in [6, 6.07) is 10.3. The minimum Gasteiger partial charge on any atom is -0.491 e. The normalized spacial score (nSPS) is 17.5. The Morgan fingerprint density at radius 2 is 1.24 bits per heavy atom. The van der Waals surface area contributed by atoms with E-state index >= 15 is 0 Å². The second kappa shape index (κ2) is 13.6. The van der Waals surface area contributed by atoms with E-state index in [-0.39, 0.29) is 35.2 Å². The summed E-state index contributed by atoms with van der Waals surface area (Å²) in [6.45, 7) is 2.88. The number of alkyl halides is 2. The van der Waals surface area contributed by atoms with E-state index in [4.69, 9.17) is 9.47 Å². The summed E-state index contributed by atoms with van der Waals surface area (Å²) < 4.78 is 102. The van der Waals surface area contributed by atoms with E-state index in [2.05, 4.69) is 11.7 Å². The lowest BCUT2D eigenvalue weighted by Gasteiger charge is -2.29. The van der Waals surface area contributed by atoms with Crippen molar-refractivity contribution in [3.63, 3.8) is 0 Å². The van der Waals surface area contributed by atoms with Crippen LogP contribution in [0.3, 0.4) is 0 Å². The van der Waals surface area contributed by atoms with Crippen molar-refractivity contribution in [1.29, 1.82) is 0 Å². The molecule has 0 spiro atoms. The zero-order valence-corrected chi connectivity index (χ0v) is 23.1. The Balaban J connectivity index is 1.40. The van der Waals surface area contributed by atoms with Crippen LogP contribution in [0, 0.1) is 29.2 Å². The molecule has 1 fully saturated rings. The summed E-state index contributed by atoms with van der Waals surface area (Å²) in [7, 11) is 0. The van der Waals surface area contributed by atoms with Crippen LogP contribution in [0.5, 0.6) is 11.5 Å². The summed E-state index contributed by atoms with van der Waals surface area (Å²) in [5.74, 6) is -5.74. The van der Waals surface area contributed by atoms with Crippen LogP contribution in [-0.4, -0.2) is 25.4 Å². The van der Waals surface area contributed by atoms with E-state index in [9.17, 15) is 26.3 Å². The van der Waals surface area contributed by atoms with Gasteiger partial charge in [0.25, 0.3) is 0 Å². The van der Waals surface area contributed by atoms with E-state index in [1.807, 2.05) is 0 Å². The van der Waals surface area contributed by atoms with Gasteiger partial charge in [-0.25, -0.2) is 8.78 Å². The van der Waals surface area contributed by atoms with Gasteiger partial charge >= 0.3 is 6.11 Å². The molecule has 222 valence electrons. The quantitative estimate of drug-likeness (QED) is 0.200. The lowest BCUT2D eigenvalue weighted by atomic mass is 9.84. The molecule has 9 heteroatoms. The van der Waals surface area contributed by atoms with Crippen molar-refractivity contribution in [3.05, 3.63) is 71.8 Å². The molecule has 0 bridgehead atoms. The van der Waals surface area contributed by atoms with Crippen molar-refractivity contribution in [2.24, 2.45) is 5.92 Å².